The summed E-state index contributed by atoms with van der Waals surface area (Å²) < 4.78 is 1.74. The molecule has 1 heterocycles. The van der Waals surface area contributed by atoms with Crippen LogP contribution in [0.5, 0.6) is 0 Å². The molecule has 3 heteroatoms. The third-order valence-electron chi connectivity index (χ3n) is 3.57. The lowest BCUT2D eigenvalue weighted by Crippen LogP contribution is -2.20. The van der Waals surface area contributed by atoms with E-state index in [0.717, 1.165) is 16.3 Å². The summed E-state index contributed by atoms with van der Waals surface area (Å²) >= 11 is 0. The van der Waals surface area contributed by atoms with Crippen molar-refractivity contribution < 1.29 is 9.90 Å². The normalized spacial score (nSPS) is 12.4. The molecule has 3 nitrogen and oxygen atoms in total. The van der Waals surface area contributed by atoms with Gasteiger partial charge in [0.25, 0.3) is 0 Å². The number of nitrogens with zero attached hydrogens (tertiary/aromatic N) is 1. The lowest BCUT2D eigenvalue weighted by Gasteiger charge is -2.15. The van der Waals surface area contributed by atoms with Crippen LogP contribution in [0.2, 0.25) is 0 Å². The molecule has 2 aromatic carbocycles. The maximum atomic E-state index is 11.5. The van der Waals surface area contributed by atoms with Gasteiger partial charge in [-0.05, 0) is 28.5 Å². The zero-order valence-electron chi connectivity index (χ0n) is 10.9. The van der Waals surface area contributed by atoms with Gasteiger partial charge in [-0.2, -0.15) is 0 Å². The highest BCUT2D eigenvalue weighted by Crippen LogP contribution is 2.23. The maximum absolute atomic E-state index is 11.5. The minimum atomic E-state index is -0.811. The van der Waals surface area contributed by atoms with Crippen LogP contribution in [0.4, 0.5) is 0 Å². The first kappa shape index (κ1) is 12.5. The highest BCUT2D eigenvalue weighted by molar-refractivity contribution is 5.86. The van der Waals surface area contributed by atoms with Crippen molar-refractivity contribution in [3.63, 3.8) is 0 Å². The number of carbonyl (C=O) groups is 1. The molecule has 100 valence electrons. The number of carboxylic acid groups (broad SMARTS) is 1. The smallest absolute Gasteiger partial charge is 0.327 e. The molecule has 0 aliphatic heterocycles. The number of aromatic nitrogens is 1. The number of aliphatic carboxylic acids is 1. The van der Waals surface area contributed by atoms with Gasteiger partial charge in [0.1, 0.15) is 6.04 Å². The molecule has 3 rings (SSSR count). The van der Waals surface area contributed by atoms with E-state index in [1.54, 1.807) is 17.0 Å². The van der Waals surface area contributed by atoms with E-state index >= 15 is 0 Å². The Morgan fingerprint density at radius 2 is 1.70 bits per heavy atom. The second-order valence-corrected chi connectivity index (χ2v) is 4.83. The molecule has 0 aliphatic carbocycles. The fraction of sp³-hybridized carbons (Fsp3) is 0.118. The number of fused-ring (bicyclic) bond motifs is 1. The molecule has 20 heavy (non-hydrogen) atoms. The average molecular weight is 265 g/mol. The molecular formula is C17H15NO2. The summed E-state index contributed by atoms with van der Waals surface area (Å²) in [5.74, 6) is -0.811. The highest BCUT2D eigenvalue weighted by atomic mass is 16.4. The maximum Gasteiger partial charge on any atom is 0.327 e. The second-order valence-electron chi connectivity index (χ2n) is 4.83. The van der Waals surface area contributed by atoms with E-state index < -0.39 is 12.0 Å². The van der Waals surface area contributed by atoms with Crippen LogP contribution in [-0.4, -0.2) is 15.6 Å². The van der Waals surface area contributed by atoms with Crippen LogP contribution >= 0.6 is 0 Å². The minimum Gasteiger partial charge on any atom is -0.480 e. The van der Waals surface area contributed by atoms with E-state index in [9.17, 15) is 9.90 Å². The van der Waals surface area contributed by atoms with Gasteiger partial charge in [-0.1, -0.05) is 42.5 Å². The zero-order chi connectivity index (χ0) is 13.9. The van der Waals surface area contributed by atoms with Crippen LogP contribution < -0.4 is 0 Å². The Labute approximate surface area is 117 Å². The molecule has 3 aromatic rings. The van der Waals surface area contributed by atoms with Crippen molar-refractivity contribution in [3.05, 3.63) is 72.6 Å². The van der Waals surface area contributed by atoms with Gasteiger partial charge in [-0.15, -0.1) is 0 Å². The highest BCUT2D eigenvalue weighted by Gasteiger charge is 2.19. The molecule has 0 spiro atoms. The molecule has 0 bridgehead atoms. The van der Waals surface area contributed by atoms with Crippen molar-refractivity contribution in [1.82, 2.24) is 4.57 Å². The first-order valence-electron chi connectivity index (χ1n) is 6.57. The number of hydrogen-bond acceptors (Lipinski definition) is 1. The van der Waals surface area contributed by atoms with Gasteiger partial charge in [-0.3, -0.25) is 0 Å². The van der Waals surface area contributed by atoms with Crippen LogP contribution in [0.1, 0.15) is 11.6 Å². The quantitative estimate of drug-likeness (QED) is 0.784. The Kier molecular flexibility index (Phi) is 3.25. The molecular weight excluding hydrogens is 250 g/mol. The fourth-order valence-corrected chi connectivity index (χ4v) is 2.55. The zero-order valence-corrected chi connectivity index (χ0v) is 10.9. The van der Waals surface area contributed by atoms with Gasteiger partial charge < -0.3 is 9.67 Å². The van der Waals surface area contributed by atoms with E-state index in [4.69, 9.17) is 0 Å². The fourth-order valence-electron chi connectivity index (χ4n) is 2.55. The largest absolute Gasteiger partial charge is 0.480 e. The lowest BCUT2D eigenvalue weighted by molar-refractivity contribution is -0.140. The molecule has 0 saturated heterocycles. The number of benzene rings is 2. The van der Waals surface area contributed by atoms with Crippen molar-refractivity contribution in [2.24, 2.45) is 0 Å². The summed E-state index contributed by atoms with van der Waals surface area (Å²) in [7, 11) is 0. The monoisotopic (exact) mass is 265 g/mol. The lowest BCUT2D eigenvalue weighted by atomic mass is 9.99. The van der Waals surface area contributed by atoms with Gasteiger partial charge in [0.2, 0.25) is 0 Å². The van der Waals surface area contributed by atoms with Crippen molar-refractivity contribution in [2.75, 3.05) is 0 Å². The minimum absolute atomic E-state index is 0.478. The molecule has 0 fully saturated rings. The van der Waals surface area contributed by atoms with Gasteiger partial charge in [-0.25, -0.2) is 4.79 Å². The molecule has 0 radical (unpaired) electrons. The van der Waals surface area contributed by atoms with Crippen LogP contribution in [-0.2, 0) is 11.2 Å². The van der Waals surface area contributed by atoms with Crippen LogP contribution in [0.25, 0.3) is 10.8 Å². The Morgan fingerprint density at radius 3 is 2.45 bits per heavy atom. The molecule has 1 N–H and O–H groups in total. The summed E-state index contributed by atoms with van der Waals surface area (Å²) in [6.07, 6.45) is 4.07. The molecule has 1 atom stereocenters. The third kappa shape index (κ3) is 2.30. The van der Waals surface area contributed by atoms with Crippen molar-refractivity contribution >= 4 is 16.7 Å². The molecule has 0 aliphatic rings. The van der Waals surface area contributed by atoms with E-state index in [2.05, 4.69) is 0 Å². The molecule has 1 aromatic heterocycles. The van der Waals surface area contributed by atoms with Crippen molar-refractivity contribution in [2.45, 2.75) is 12.5 Å². The van der Waals surface area contributed by atoms with Crippen LogP contribution in [0.15, 0.2) is 67.0 Å². The van der Waals surface area contributed by atoms with Crippen molar-refractivity contribution in [1.29, 1.82) is 0 Å². The molecule has 0 unspecified atom stereocenters. The van der Waals surface area contributed by atoms with Crippen molar-refractivity contribution in [3.8, 4) is 0 Å². The molecule has 0 amide bonds. The number of carboxylic acids is 1. The topological polar surface area (TPSA) is 42.2 Å². The van der Waals surface area contributed by atoms with E-state index in [0.29, 0.717) is 6.42 Å². The summed E-state index contributed by atoms with van der Waals surface area (Å²) in [5, 5.41) is 11.7. The predicted molar refractivity (Wildman–Crippen MR) is 78.8 cm³/mol. The van der Waals surface area contributed by atoms with Gasteiger partial charge in [0, 0.05) is 18.8 Å². The standard InChI is InChI=1S/C17H15NO2/c19-17(20)16(18-10-3-4-11-18)12-14-8-5-7-13-6-1-2-9-15(13)14/h1-11,16H,12H2,(H,19,20)/t16-/m0/s1. The summed E-state index contributed by atoms with van der Waals surface area (Å²) in [6, 6.07) is 17.2. The Hall–Kier alpha value is -2.55. The van der Waals surface area contributed by atoms with E-state index in [1.807, 2.05) is 54.6 Å². The van der Waals surface area contributed by atoms with E-state index in [-0.39, 0.29) is 0 Å². The summed E-state index contributed by atoms with van der Waals surface area (Å²) in [6.45, 7) is 0. The Bertz CT molecular complexity index is 726. The third-order valence-corrected chi connectivity index (χ3v) is 3.57. The number of hydrogen-bond donors (Lipinski definition) is 1. The first-order chi connectivity index (χ1) is 9.75. The van der Waals surface area contributed by atoms with Crippen LogP contribution in [0.3, 0.4) is 0 Å². The summed E-state index contributed by atoms with van der Waals surface area (Å²) in [5.41, 5.74) is 1.06. The van der Waals surface area contributed by atoms with Crippen LogP contribution in [0, 0.1) is 0 Å². The predicted octanol–water partition coefficient (Wildman–Crippen LogP) is 3.51. The second kappa shape index (κ2) is 5.21. The number of rotatable bonds is 4. The summed E-state index contributed by atoms with van der Waals surface area (Å²) in [4.78, 5) is 11.5. The average Bonchev–Trinajstić information content (AvgIpc) is 2.98. The first-order valence-corrected chi connectivity index (χ1v) is 6.57. The molecule has 0 saturated carbocycles. The van der Waals surface area contributed by atoms with Gasteiger partial charge >= 0.3 is 5.97 Å². The Balaban J connectivity index is 2.01. The van der Waals surface area contributed by atoms with E-state index in [1.165, 1.54) is 0 Å². The Morgan fingerprint density at radius 1 is 1.00 bits per heavy atom. The van der Waals surface area contributed by atoms with Gasteiger partial charge in [0.05, 0.1) is 0 Å². The van der Waals surface area contributed by atoms with Gasteiger partial charge in [0.15, 0.2) is 0 Å². The SMILES string of the molecule is O=C(O)[C@H](Cc1cccc2ccccc12)n1cccc1.